The second-order valence-corrected chi connectivity index (χ2v) is 6.68. The van der Waals surface area contributed by atoms with E-state index in [1.165, 1.54) is 0 Å². The van der Waals surface area contributed by atoms with Gasteiger partial charge in [-0.1, -0.05) is 54.6 Å². The van der Waals surface area contributed by atoms with Gasteiger partial charge in [-0.25, -0.2) is 0 Å². The van der Waals surface area contributed by atoms with Crippen molar-refractivity contribution in [2.75, 3.05) is 13.7 Å². The van der Waals surface area contributed by atoms with E-state index < -0.39 is 11.6 Å². The molecule has 3 rings (SSSR count). The first-order chi connectivity index (χ1) is 14.0. The molecule has 150 valence electrons. The Morgan fingerprint density at radius 1 is 0.828 bits per heavy atom. The van der Waals surface area contributed by atoms with E-state index in [2.05, 4.69) is 0 Å². The lowest BCUT2D eigenvalue weighted by Crippen LogP contribution is -2.28. The summed E-state index contributed by atoms with van der Waals surface area (Å²) in [5, 5.41) is 20.5. The van der Waals surface area contributed by atoms with Gasteiger partial charge in [-0.15, -0.1) is 0 Å². The van der Waals surface area contributed by atoms with Crippen LogP contribution in [0.4, 0.5) is 0 Å². The molecular formula is C24H24O5. The number of hydrogen-bond donors (Lipinski definition) is 2. The zero-order valence-electron chi connectivity index (χ0n) is 16.2. The molecule has 0 saturated carbocycles. The number of carboxylic acids is 1. The van der Waals surface area contributed by atoms with Crippen LogP contribution in [0, 0.1) is 0 Å². The summed E-state index contributed by atoms with van der Waals surface area (Å²) in [6.45, 7) is 0.326. The minimum atomic E-state index is -1.34. The summed E-state index contributed by atoms with van der Waals surface area (Å²) in [6.07, 6.45) is 0.514. The summed E-state index contributed by atoms with van der Waals surface area (Å²) in [5.41, 5.74) is 0.835. The molecule has 0 aliphatic rings. The predicted molar refractivity (Wildman–Crippen MR) is 110 cm³/mol. The topological polar surface area (TPSA) is 76.0 Å². The quantitative estimate of drug-likeness (QED) is 0.421. The minimum absolute atomic E-state index is 0.0727. The maximum Gasteiger partial charge on any atom is 0.303 e. The largest absolute Gasteiger partial charge is 0.497 e. The first-order valence-corrected chi connectivity index (χ1v) is 9.41. The molecule has 2 N–H and O–H groups in total. The third kappa shape index (κ3) is 4.76. The Morgan fingerprint density at radius 2 is 1.34 bits per heavy atom. The van der Waals surface area contributed by atoms with Crippen LogP contribution in [0.5, 0.6) is 11.5 Å². The number of carbonyl (C=O) groups is 1. The Hall–Kier alpha value is -3.31. The van der Waals surface area contributed by atoms with Crippen molar-refractivity contribution in [3.8, 4) is 11.5 Å². The molecule has 3 aromatic carbocycles. The SMILES string of the molecule is COc1ccc(C(O)(c2ccccc2)c2ccc(OCCCC(=O)O)cc2)cc1. The monoisotopic (exact) mass is 392 g/mol. The van der Waals surface area contributed by atoms with Crippen molar-refractivity contribution in [2.24, 2.45) is 0 Å². The van der Waals surface area contributed by atoms with Crippen molar-refractivity contribution >= 4 is 5.97 Å². The van der Waals surface area contributed by atoms with Crippen LogP contribution in [-0.2, 0) is 10.4 Å². The Morgan fingerprint density at radius 3 is 1.86 bits per heavy atom. The van der Waals surface area contributed by atoms with Gasteiger partial charge in [0.1, 0.15) is 17.1 Å². The lowest BCUT2D eigenvalue weighted by molar-refractivity contribution is -0.137. The molecule has 0 bridgehead atoms. The zero-order chi connectivity index (χ0) is 20.7. The van der Waals surface area contributed by atoms with Crippen LogP contribution in [0.15, 0.2) is 78.9 Å². The van der Waals surface area contributed by atoms with Crippen LogP contribution in [0.3, 0.4) is 0 Å². The van der Waals surface area contributed by atoms with Crippen LogP contribution < -0.4 is 9.47 Å². The molecule has 0 radical (unpaired) electrons. The molecule has 5 nitrogen and oxygen atoms in total. The summed E-state index contributed by atoms with van der Waals surface area (Å²) in [6, 6.07) is 24.0. The number of benzene rings is 3. The zero-order valence-corrected chi connectivity index (χ0v) is 16.2. The van der Waals surface area contributed by atoms with Crippen LogP contribution in [0.1, 0.15) is 29.5 Å². The van der Waals surface area contributed by atoms with Gasteiger partial charge < -0.3 is 19.7 Å². The molecule has 0 heterocycles. The number of rotatable bonds is 9. The molecular weight excluding hydrogens is 368 g/mol. The summed E-state index contributed by atoms with van der Waals surface area (Å²) < 4.78 is 10.8. The second-order valence-electron chi connectivity index (χ2n) is 6.68. The van der Waals surface area contributed by atoms with Gasteiger partial charge >= 0.3 is 5.97 Å². The molecule has 0 aliphatic heterocycles. The van der Waals surface area contributed by atoms with Gasteiger partial charge in [0.15, 0.2) is 0 Å². The number of methoxy groups -OCH3 is 1. The van der Waals surface area contributed by atoms with Gasteiger partial charge in [0, 0.05) is 6.42 Å². The van der Waals surface area contributed by atoms with E-state index in [0.29, 0.717) is 30.1 Å². The average molecular weight is 392 g/mol. The van der Waals surface area contributed by atoms with Gasteiger partial charge in [0.05, 0.1) is 13.7 Å². The van der Waals surface area contributed by atoms with E-state index >= 15 is 0 Å². The fourth-order valence-corrected chi connectivity index (χ4v) is 3.22. The third-order valence-electron chi connectivity index (χ3n) is 4.78. The summed E-state index contributed by atoms with van der Waals surface area (Å²) in [7, 11) is 1.60. The Balaban J connectivity index is 1.89. The van der Waals surface area contributed by atoms with Crippen LogP contribution in [0.25, 0.3) is 0 Å². The van der Waals surface area contributed by atoms with Crippen LogP contribution in [-0.4, -0.2) is 29.9 Å². The Labute approximate surface area is 170 Å². The lowest BCUT2D eigenvalue weighted by atomic mass is 9.80. The molecule has 0 amide bonds. The van der Waals surface area contributed by atoms with Crippen LogP contribution in [0.2, 0.25) is 0 Å². The summed E-state index contributed by atoms with van der Waals surface area (Å²) in [4.78, 5) is 10.6. The summed E-state index contributed by atoms with van der Waals surface area (Å²) >= 11 is 0. The minimum Gasteiger partial charge on any atom is -0.497 e. The maximum atomic E-state index is 11.8. The van der Waals surface area contributed by atoms with Crippen molar-refractivity contribution in [1.29, 1.82) is 0 Å². The molecule has 29 heavy (non-hydrogen) atoms. The second kappa shape index (κ2) is 9.26. The Kier molecular flexibility index (Phi) is 6.52. The molecule has 0 spiro atoms. The highest BCUT2D eigenvalue weighted by Crippen LogP contribution is 2.37. The van der Waals surface area contributed by atoms with E-state index in [1.807, 2.05) is 66.7 Å². The molecule has 0 aromatic heterocycles. The highest BCUT2D eigenvalue weighted by atomic mass is 16.5. The van der Waals surface area contributed by atoms with Crippen molar-refractivity contribution in [3.05, 3.63) is 95.6 Å². The van der Waals surface area contributed by atoms with Gasteiger partial charge in [-0.05, 0) is 47.4 Å². The molecule has 5 heteroatoms. The number of aliphatic carboxylic acids is 1. The number of ether oxygens (including phenoxy) is 2. The molecule has 3 aromatic rings. The van der Waals surface area contributed by atoms with Gasteiger partial charge in [0.25, 0.3) is 0 Å². The lowest BCUT2D eigenvalue weighted by Gasteiger charge is -2.30. The van der Waals surface area contributed by atoms with Crippen LogP contribution >= 0.6 is 0 Å². The highest BCUT2D eigenvalue weighted by molar-refractivity contribution is 5.66. The van der Waals surface area contributed by atoms with Crippen molar-refractivity contribution < 1.29 is 24.5 Å². The van der Waals surface area contributed by atoms with Gasteiger partial charge in [-0.3, -0.25) is 4.79 Å². The normalized spacial score (nSPS) is 12.8. The maximum absolute atomic E-state index is 11.8. The fraction of sp³-hybridized carbons (Fsp3) is 0.208. The van der Waals surface area contributed by atoms with Crippen molar-refractivity contribution in [2.45, 2.75) is 18.4 Å². The first-order valence-electron chi connectivity index (χ1n) is 9.41. The van der Waals surface area contributed by atoms with E-state index in [1.54, 1.807) is 19.2 Å². The van der Waals surface area contributed by atoms with E-state index in [4.69, 9.17) is 14.6 Å². The van der Waals surface area contributed by atoms with Gasteiger partial charge in [-0.2, -0.15) is 0 Å². The van der Waals surface area contributed by atoms with E-state index in [0.717, 1.165) is 11.1 Å². The summed E-state index contributed by atoms with van der Waals surface area (Å²) in [5.74, 6) is 0.509. The van der Waals surface area contributed by atoms with Crippen molar-refractivity contribution in [1.82, 2.24) is 0 Å². The third-order valence-corrected chi connectivity index (χ3v) is 4.78. The van der Waals surface area contributed by atoms with E-state index in [9.17, 15) is 9.90 Å². The number of carboxylic acid groups (broad SMARTS) is 1. The smallest absolute Gasteiger partial charge is 0.303 e. The average Bonchev–Trinajstić information content (AvgIpc) is 2.77. The standard InChI is InChI=1S/C24H24O5/c1-28-21-13-9-19(10-14-21)24(27,18-6-3-2-4-7-18)20-11-15-22(16-12-20)29-17-5-8-23(25)26/h2-4,6-7,9-16,27H,5,8,17H2,1H3,(H,25,26). The highest BCUT2D eigenvalue weighted by Gasteiger charge is 2.33. The van der Waals surface area contributed by atoms with E-state index in [-0.39, 0.29) is 6.42 Å². The number of aliphatic hydroxyl groups is 1. The molecule has 0 saturated heterocycles. The van der Waals surface area contributed by atoms with Gasteiger partial charge in [0.2, 0.25) is 0 Å². The molecule has 1 unspecified atom stereocenters. The predicted octanol–water partition coefficient (Wildman–Crippen LogP) is 4.22. The van der Waals surface area contributed by atoms with Crippen molar-refractivity contribution in [3.63, 3.8) is 0 Å². The molecule has 1 atom stereocenters. The first kappa shape index (κ1) is 20.4. The fourth-order valence-electron chi connectivity index (χ4n) is 3.22. The molecule has 0 fully saturated rings. The Bertz CT molecular complexity index is 920. The number of hydrogen-bond acceptors (Lipinski definition) is 4. The molecule has 0 aliphatic carbocycles.